The summed E-state index contributed by atoms with van der Waals surface area (Å²) in [6.45, 7) is 5.19. The van der Waals surface area contributed by atoms with Gasteiger partial charge in [-0.2, -0.15) is 0 Å². The number of hydrogen-bond donors (Lipinski definition) is 2. The molecule has 31 heavy (non-hydrogen) atoms. The van der Waals surface area contributed by atoms with Gasteiger partial charge in [-0.05, 0) is 52.2 Å². The van der Waals surface area contributed by atoms with Crippen LogP contribution >= 0.6 is 15.9 Å². The largest absolute Gasteiger partial charge is 0.487 e. The molecule has 0 unspecified atom stereocenters. The fourth-order valence-electron chi connectivity index (χ4n) is 3.16. The van der Waals surface area contributed by atoms with Crippen molar-refractivity contribution in [2.75, 3.05) is 7.05 Å². The summed E-state index contributed by atoms with van der Waals surface area (Å²) in [7, 11) is 1.52. The van der Waals surface area contributed by atoms with Crippen LogP contribution in [0.3, 0.4) is 0 Å². The summed E-state index contributed by atoms with van der Waals surface area (Å²) in [5.41, 5.74) is 2.36. The Bertz CT molecular complexity index is 1240. The lowest BCUT2D eigenvalue weighted by Crippen LogP contribution is -2.19. The second-order valence-corrected chi connectivity index (χ2v) is 7.50. The maximum absolute atomic E-state index is 14.0. The van der Waals surface area contributed by atoms with Gasteiger partial charge < -0.3 is 15.0 Å². The summed E-state index contributed by atoms with van der Waals surface area (Å²) < 4.78 is 33.2. The number of amides is 1. The zero-order chi connectivity index (χ0) is 22.7. The van der Waals surface area contributed by atoms with Crippen molar-refractivity contribution in [3.05, 3.63) is 91.8 Å². The zero-order valence-corrected chi connectivity index (χ0v) is 18.4. The van der Waals surface area contributed by atoms with Gasteiger partial charge in [0.2, 0.25) is 0 Å². The van der Waals surface area contributed by atoms with Crippen LogP contribution in [-0.2, 0) is 6.61 Å². The highest BCUT2D eigenvalue weighted by molar-refractivity contribution is 9.10. The van der Waals surface area contributed by atoms with Crippen molar-refractivity contribution in [1.29, 1.82) is 0 Å². The minimum atomic E-state index is -0.753. The summed E-state index contributed by atoms with van der Waals surface area (Å²) >= 11 is 3.24. The molecule has 0 aliphatic carbocycles. The first-order valence-electron chi connectivity index (χ1n) is 9.24. The predicted molar refractivity (Wildman–Crippen MR) is 119 cm³/mol. The monoisotopic (exact) mass is 488 g/mol. The number of carbonyl (C=O) groups excluding carboxylic acids is 1. The van der Waals surface area contributed by atoms with Gasteiger partial charge in [-0.15, -0.1) is 0 Å². The standard InChI is InChI=1S/C23H19BrF2N2O3/c1-4-13-5-6-14(9-17(13)22(29)27-3)19-12(2)28-23(30)20(24)21(19)31-11-15-7-8-16(25)10-18(15)26/h4-10H,1,11H2,2-3H3,(H,27,29)(H,28,30). The molecule has 0 spiro atoms. The minimum absolute atomic E-state index is 0.116. The van der Waals surface area contributed by atoms with Gasteiger partial charge in [0.15, 0.2) is 0 Å². The molecule has 0 aliphatic rings. The van der Waals surface area contributed by atoms with Crippen LogP contribution in [-0.4, -0.2) is 17.9 Å². The molecule has 3 rings (SSSR count). The smallest absolute Gasteiger partial charge is 0.266 e. The number of H-pyrrole nitrogens is 1. The van der Waals surface area contributed by atoms with Crippen LogP contribution in [0.4, 0.5) is 8.78 Å². The Morgan fingerprint density at radius 3 is 2.65 bits per heavy atom. The summed E-state index contributed by atoms with van der Waals surface area (Å²) in [4.78, 5) is 27.3. The number of ether oxygens (including phenoxy) is 1. The van der Waals surface area contributed by atoms with Crippen molar-refractivity contribution < 1.29 is 18.3 Å². The first kappa shape index (κ1) is 22.4. The van der Waals surface area contributed by atoms with E-state index >= 15 is 0 Å². The van der Waals surface area contributed by atoms with E-state index in [0.29, 0.717) is 27.9 Å². The van der Waals surface area contributed by atoms with Crippen molar-refractivity contribution >= 4 is 27.9 Å². The van der Waals surface area contributed by atoms with Crippen LogP contribution in [0.25, 0.3) is 17.2 Å². The number of halogens is 3. The number of nitrogens with one attached hydrogen (secondary N) is 2. The van der Waals surface area contributed by atoms with Crippen molar-refractivity contribution in [2.24, 2.45) is 0 Å². The van der Waals surface area contributed by atoms with Crippen LogP contribution < -0.4 is 15.6 Å². The third-order valence-electron chi connectivity index (χ3n) is 4.72. The van der Waals surface area contributed by atoms with Crippen LogP contribution in [0.2, 0.25) is 0 Å². The molecule has 1 amide bonds. The van der Waals surface area contributed by atoms with E-state index in [1.165, 1.54) is 13.1 Å². The number of aromatic nitrogens is 1. The Labute approximate surface area is 185 Å². The van der Waals surface area contributed by atoms with E-state index in [9.17, 15) is 18.4 Å². The molecular formula is C23H19BrF2N2O3. The highest BCUT2D eigenvalue weighted by Gasteiger charge is 2.20. The lowest BCUT2D eigenvalue weighted by Gasteiger charge is -2.17. The maximum atomic E-state index is 14.0. The van der Waals surface area contributed by atoms with E-state index in [-0.39, 0.29) is 28.3 Å². The molecule has 5 nitrogen and oxygen atoms in total. The number of rotatable bonds is 6. The fraction of sp³-hybridized carbons (Fsp3) is 0.130. The summed E-state index contributed by atoms with van der Waals surface area (Å²) in [6.07, 6.45) is 1.57. The van der Waals surface area contributed by atoms with Crippen LogP contribution in [0.15, 0.2) is 52.2 Å². The van der Waals surface area contributed by atoms with Gasteiger partial charge in [0.25, 0.3) is 11.5 Å². The number of aromatic amines is 1. The second kappa shape index (κ2) is 9.26. The Balaban J connectivity index is 2.13. The fourth-order valence-corrected chi connectivity index (χ4v) is 3.58. The van der Waals surface area contributed by atoms with E-state index in [4.69, 9.17) is 4.74 Å². The Kier molecular flexibility index (Phi) is 6.70. The number of benzene rings is 2. The van der Waals surface area contributed by atoms with Gasteiger partial charge in [-0.1, -0.05) is 24.8 Å². The van der Waals surface area contributed by atoms with Crippen molar-refractivity contribution in [3.63, 3.8) is 0 Å². The summed E-state index contributed by atoms with van der Waals surface area (Å²) in [5.74, 6) is -1.57. The number of pyridine rings is 1. The molecule has 160 valence electrons. The van der Waals surface area contributed by atoms with Gasteiger partial charge in [0, 0.05) is 35.5 Å². The maximum Gasteiger partial charge on any atom is 0.266 e. The topological polar surface area (TPSA) is 71.2 Å². The van der Waals surface area contributed by atoms with Crippen LogP contribution in [0.5, 0.6) is 5.75 Å². The first-order chi connectivity index (χ1) is 14.8. The molecule has 0 radical (unpaired) electrons. The number of carbonyl (C=O) groups is 1. The molecule has 3 aromatic rings. The van der Waals surface area contributed by atoms with E-state index in [1.807, 2.05) is 0 Å². The molecule has 1 heterocycles. The third kappa shape index (κ3) is 4.59. The van der Waals surface area contributed by atoms with Crippen molar-refractivity contribution in [2.45, 2.75) is 13.5 Å². The summed E-state index contributed by atoms with van der Waals surface area (Å²) in [6, 6.07) is 8.33. The molecule has 8 heteroatoms. The van der Waals surface area contributed by atoms with Gasteiger partial charge in [0.1, 0.15) is 28.5 Å². The predicted octanol–water partition coefficient (Wildman–Crippen LogP) is 4.97. The normalized spacial score (nSPS) is 10.6. The molecule has 0 aliphatic heterocycles. The van der Waals surface area contributed by atoms with Gasteiger partial charge in [0.05, 0.1) is 0 Å². The quantitative estimate of drug-likeness (QED) is 0.514. The second-order valence-electron chi connectivity index (χ2n) is 6.71. The minimum Gasteiger partial charge on any atom is -0.487 e. The number of hydrogen-bond acceptors (Lipinski definition) is 3. The molecule has 2 N–H and O–H groups in total. The molecule has 0 atom stereocenters. The van der Waals surface area contributed by atoms with E-state index in [0.717, 1.165) is 12.1 Å². The first-order valence-corrected chi connectivity index (χ1v) is 10.0. The molecule has 0 saturated heterocycles. The molecule has 0 fully saturated rings. The van der Waals surface area contributed by atoms with Crippen molar-refractivity contribution in [3.8, 4) is 16.9 Å². The lowest BCUT2D eigenvalue weighted by molar-refractivity contribution is 0.0963. The van der Waals surface area contributed by atoms with Gasteiger partial charge >= 0.3 is 0 Å². The SMILES string of the molecule is C=Cc1ccc(-c2c(C)[nH]c(=O)c(Br)c2OCc2ccc(F)cc2F)cc1C(=O)NC. The molecule has 0 saturated carbocycles. The lowest BCUT2D eigenvalue weighted by atomic mass is 9.97. The number of aryl methyl sites for hydroxylation is 1. The van der Waals surface area contributed by atoms with E-state index in [1.54, 1.807) is 31.2 Å². The van der Waals surface area contributed by atoms with Crippen LogP contribution in [0.1, 0.15) is 27.2 Å². The Morgan fingerprint density at radius 1 is 1.26 bits per heavy atom. The molecular weight excluding hydrogens is 470 g/mol. The average Bonchev–Trinajstić information content (AvgIpc) is 2.75. The van der Waals surface area contributed by atoms with E-state index < -0.39 is 17.2 Å². The highest BCUT2D eigenvalue weighted by Crippen LogP contribution is 2.37. The highest BCUT2D eigenvalue weighted by atomic mass is 79.9. The van der Waals surface area contributed by atoms with Crippen LogP contribution in [0, 0.1) is 18.6 Å². The third-order valence-corrected chi connectivity index (χ3v) is 5.44. The van der Waals surface area contributed by atoms with E-state index in [2.05, 4.69) is 32.8 Å². The Hall–Kier alpha value is -3.26. The zero-order valence-electron chi connectivity index (χ0n) is 16.8. The Morgan fingerprint density at radius 2 is 2.00 bits per heavy atom. The molecule has 1 aromatic heterocycles. The van der Waals surface area contributed by atoms with Gasteiger partial charge in [-0.25, -0.2) is 8.78 Å². The van der Waals surface area contributed by atoms with Gasteiger partial charge in [-0.3, -0.25) is 9.59 Å². The summed E-state index contributed by atoms with van der Waals surface area (Å²) in [5, 5.41) is 2.58. The molecule has 2 aromatic carbocycles. The average molecular weight is 489 g/mol. The van der Waals surface area contributed by atoms with Crippen molar-refractivity contribution in [1.82, 2.24) is 10.3 Å². The molecule has 0 bridgehead atoms.